The summed E-state index contributed by atoms with van der Waals surface area (Å²) in [6.07, 6.45) is 2.28. The van der Waals surface area contributed by atoms with Gasteiger partial charge in [0, 0.05) is 77.6 Å². The fraction of sp³-hybridized carbons (Fsp3) is 0.682. The van der Waals surface area contributed by atoms with Crippen molar-refractivity contribution >= 4 is 11.6 Å². The number of benzene rings is 1. The largest absolute Gasteiger partial charge is 0.381 e. The first-order valence-corrected chi connectivity index (χ1v) is 10.9. The lowest BCUT2D eigenvalue weighted by Gasteiger charge is -2.36. The number of nitrogens with one attached hydrogen (secondary N) is 1. The molecule has 0 saturated carbocycles. The molecule has 1 unspecified atom stereocenters. The lowest BCUT2D eigenvalue weighted by Crippen LogP contribution is -2.46. The highest BCUT2D eigenvalue weighted by Crippen LogP contribution is 2.16. The van der Waals surface area contributed by atoms with Crippen molar-refractivity contribution in [2.24, 2.45) is 10.9 Å². The van der Waals surface area contributed by atoms with Gasteiger partial charge in [0.25, 0.3) is 0 Å². The third-order valence-electron chi connectivity index (χ3n) is 5.64. The van der Waals surface area contributed by atoms with Gasteiger partial charge < -0.3 is 19.9 Å². The van der Waals surface area contributed by atoms with Gasteiger partial charge >= 0.3 is 0 Å². The van der Waals surface area contributed by atoms with Crippen LogP contribution in [0.25, 0.3) is 0 Å². The summed E-state index contributed by atoms with van der Waals surface area (Å²) < 4.78 is 5.50. The number of aliphatic imine (C=N–C) groups is 1. The minimum atomic E-state index is 0.634. The van der Waals surface area contributed by atoms with Crippen molar-refractivity contribution in [2.45, 2.75) is 19.8 Å². The molecule has 0 aromatic heterocycles. The molecule has 1 N–H and O–H groups in total. The highest BCUT2D eigenvalue weighted by molar-refractivity contribution is 5.79. The second-order valence-corrected chi connectivity index (χ2v) is 7.86. The van der Waals surface area contributed by atoms with Crippen LogP contribution in [0.3, 0.4) is 0 Å². The highest BCUT2D eigenvalue weighted by atomic mass is 16.5. The normalized spacial score (nSPS) is 21.1. The average Bonchev–Trinajstić information content (AvgIpc) is 3.24. The van der Waals surface area contributed by atoms with Crippen LogP contribution in [0.2, 0.25) is 0 Å². The van der Waals surface area contributed by atoms with Gasteiger partial charge in [0.05, 0.1) is 6.61 Å². The number of para-hydroxylation sites is 1. The van der Waals surface area contributed by atoms with Gasteiger partial charge in [-0.15, -0.1) is 0 Å². The molecular formula is C22H37N5O. The predicted octanol–water partition coefficient (Wildman–Crippen LogP) is 2.13. The predicted molar refractivity (Wildman–Crippen MR) is 117 cm³/mol. The molecule has 0 bridgehead atoms. The molecule has 1 atom stereocenters. The Morgan fingerprint density at radius 2 is 2.00 bits per heavy atom. The van der Waals surface area contributed by atoms with Crippen LogP contribution in [0.4, 0.5) is 5.69 Å². The Morgan fingerprint density at radius 3 is 2.68 bits per heavy atom. The van der Waals surface area contributed by atoms with E-state index in [0.717, 1.165) is 78.0 Å². The molecular weight excluding hydrogens is 350 g/mol. The maximum Gasteiger partial charge on any atom is 0.193 e. The molecule has 0 amide bonds. The van der Waals surface area contributed by atoms with Gasteiger partial charge in [-0.1, -0.05) is 18.2 Å². The van der Waals surface area contributed by atoms with Crippen molar-refractivity contribution < 1.29 is 4.74 Å². The Morgan fingerprint density at radius 1 is 1.21 bits per heavy atom. The zero-order chi connectivity index (χ0) is 19.6. The lowest BCUT2D eigenvalue weighted by molar-refractivity contribution is 0.181. The van der Waals surface area contributed by atoms with Crippen molar-refractivity contribution in [3.05, 3.63) is 30.3 Å². The van der Waals surface area contributed by atoms with E-state index in [1.54, 1.807) is 0 Å². The summed E-state index contributed by atoms with van der Waals surface area (Å²) in [5.41, 5.74) is 1.35. The molecule has 0 spiro atoms. The Labute approximate surface area is 170 Å². The van der Waals surface area contributed by atoms with Gasteiger partial charge in [-0.2, -0.15) is 0 Å². The van der Waals surface area contributed by atoms with Gasteiger partial charge in [0.2, 0.25) is 0 Å². The molecule has 0 aliphatic carbocycles. The summed E-state index contributed by atoms with van der Waals surface area (Å²) >= 11 is 0. The molecule has 2 aliphatic rings. The maximum absolute atomic E-state index is 5.50. The average molecular weight is 388 g/mol. The van der Waals surface area contributed by atoms with Crippen molar-refractivity contribution in [1.29, 1.82) is 0 Å². The van der Waals surface area contributed by atoms with E-state index in [1.807, 2.05) is 0 Å². The molecule has 1 aromatic carbocycles. The highest BCUT2D eigenvalue weighted by Gasteiger charge is 2.19. The molecule has 2 heterocycles. The molecule has 3 rings (SSSR count). The van der Waals surface area contributed by atoms with Crippen LogP contribution in [-0.2, 0) is 4.74 Å². The summed E-state index contributed by atoms with van der Waals surface area (Å²) in [5, 5.41) is 3.43. The van der Waals surface area contributed by atoms with Crippen LogP contribution in [0, 0.1) is 5.92 Å². The van der Waals surface area contributed by atoms with Crippen molar-refractivity contribution in [1.82, 2.24) is 15.1 Å². The standard InChI is InChI=1S/C22H37N5O/c1-3-23-22(25(2)18-20-10-17-28-19-20)24-11-7-12-26-13-15-27(16-14-26)21-8-5-4-6-9-21/h4-6,8-9,20H,3,7,10-19H2,1-2H3,(H,23,24). The van der Waals surface area contributed by atoms with E-state index in [-0.39, 0.29) is 0 Å². The molecule has 2 fully saturated rings. The summed E-state index contributed by atoms with van der Waals surface area (Å²) in [4.78, 5) is 12.2. The van der Waals surface area contributed by atoms with E-state index >= 15 is 0 Å². The zero-order valence-corrected chi connectivity index (χ0v) is 17.6. The first-order chi connectivity index (χ1) is 13.8. The summed E-state index contributed by atoms with van der Waals surface area (Å²) in [6.45, 7) is 12.4. The summed E-state index contributed by atoms with van der Waals surface area (Å²) in [5.74, 6) is 1.66. The minimum Gasteiger partial charge on any atom is -0.381 e. The number of nitrogens with zero attached hydrogens (tertiary/aromatic N) is 4. The van der Waals surface area contributed by atoms with E-state index in [0.29, 0.717) is 5.92 Å². The topological polar surface area (TPSA) is 43.3 Å². The second-order valence-electron chi connectivity index (χ2n) is 7.86. The number of rotatable bonds is 8. The first-order valence-electron chi connectivity index (χ1n) is 10.9. The summed E-state index contributed by atoms with van der Waals surface area (Å²) in [7, 11) is 2.14. The molecule has 28 heavy (non-hydrogen) atoms. The Balaban J connectivity index is 1.37. The van der Waals surface area contributed by atoms with Gasteiger partial charge in [-0.25, -0.2) is 0 Å². The number of guanidine groups is 1. The van der Waals surface area contributed by atoms with Crippen LogP contribution >= 0.6 is 0 Å². The number of hydrogen-bond donors (Lipinski definition) is 1. The van der Waals surface area contributed by atoms with Gasteiger partial charge in [0.1, 0.15) is 0 Å². The lowest BCUT2D eigenvalue weighted by atomic mass is 10.1. The SMILES string of the molecule is CCNC(=NCCCN1CCN(c2ccccc2)CC1)N(C)CC1CCOC1. The number of piperazine rings is 1. The van der Waals surface area contributed by atoms with Crippen LogP contribution in [0.5, 0.6) is 0 Å². The van der Waals surface area contributed by atoms with E-state index in [4.69, 9.17) is 9.73 Å². The number of ether oxygens (including phenoxy) is 1. The third-order valence-corrected chi connectivity index (χ3v) is 5.64. The quantitative estimate of drug-likeness (QED) is 0.421. The Bertz CT molecular complexity index is 580. The molecule has 6 nitrogen and oxygen atoms in total. The molecule has 2 saturated heterocycles. The third kappa shape index (κ3) is 6.38. The first kappa shape index (κ1) is 20.9. The van der Waals surface area contributed by atoms with Crippen molar-refractivity contribution in [3.63, 3.8) is 0 Å². The zero-order valence-electron chi connectivity index (χ0n) is 17.6. The molecule has 6 heteroatoms. The minimum absolute atomic E-state index is 0.634. The van der Waals surface area contributed by atoms with E-state index in [1.165, 1.54) is 12.1 Å². The van der Waals surface area contributed by atoms with Crippen LogP contribution in [0.15, 0.2) is 35.3 Å². The Hall–Kier alpha value is -1.79. The van der Waals surface area contributed by atoms with Gasteiger partial charge in [-0.05, 0) is 31.9 Å². The smallest absolute Gasteiger partial charge is 0.193 e. The van der Waals surface area contributed by atoms with Crippen LogP contribution < -0.4 is 10.2 Å². The molecule has 0 radical (unpaired) electrons. The summed E-state index contributed by atoms with van der Waals surface area (Å²) in [6, 6.07) is 10.7. The maximum atomic E-state index is 5.50. The van der Waals surface area contributed by atoms with E-state index in [2.05, 4.69) is 64.3 Å². The Kier molecular flexibility index (Phi) is 8.42. The van der Waals surface area contributed by atoms with Gasteiger partial charge in [-0.3, -0.25) is 9.89 Å². The number of anilines is 1. The molecule has 2 aliphatic heterocycles. The monoisotopic (exact) mass is 387 g/mol. The van der Waals surface area contributed by atoms with E-state index < -0.39 is 0 Å². The fourth-order valence-electron chi connectivity index (χ4n) is 4.02. The molecule has 156 valence electrons. The van der Waals surface area contributed by atoms with Gasteiger partial charge in [0.15, 0.2) is 5.96 Å². The second kappa shape index (κ2) is 11.3. The van der Waals surface area contributed by atoms with Crippen LogP contribution in [-0.4, -0.2) is 88.4 Å². The van der Waals surface area contributed by atoms with Crippen molar-refractivity contribution in [3.8, 4) is 0 Å². The number of hydrogen-bond acceptors (Lipinski definition) is 4. The van der Waals surface area contributed by atoms with Crippen molar-refractivity contribution in [2.75, 3.05) is 77.5 Å². The molecule has 1 aromatic rings. The fourth-order valence-corrected chi connectivity index (χ4v) is 4.02. The van der Waals surface area contributed by atoms with Crippen LogP contribution in [0.1, 0.15) is 19.8 Å². The van der Waals surface area contributed by atoms with E-state index in [9.17, 15) is 0 Å².